The molecule has 0 aliphatic heterocycles. The maximum Gasteiger partial charge on any atom is 0.309 e. The lowest BCUT2D eigenvalue weighted by atomic mass is 10.0. The third kappa shape index (κ3) is 5.14. The van der Waals surface area contributed by atoms with E-state index in [1.807, 2.05) is 6.92 Å². The molecule has 0 amide bonds. The Bertz CT molecular complexity index is 618. The second-order valence-electron chi connectivity index (χ2n) is 4.92. The van der Waals surface area contributed by atoms with Gasteiger partial charge in [0, 0.05) is 0 Å². The lowest BCUT2D eigenvalue weighted by Crippen LogP contribution is -2.23. The van der Waals surface area contributed by atoms with Crippen molar-refractivity contribution in [3.63, 3.8) is 0 Å². The van der Waals surface area contributed by atoms with Crippen molar-refractivity contribution in [2.24, 2.45) is 5.92 Å². The van der Waals surface area contributed by atoms with Crippen LogP contribution in [0.2, 0.25) is 0 Å². The third-order valence-corrected chi connectivity index (χ3v) is 5.05. The van der Waals surface area contributed by atoms with Crippen LogP contribution in [0.3, 0.4) is 0 Å². The molecule has 1 aromatic carbocycles. The summed E-state index contributed by atoms with van der Waals surface area (Å²) in [5.41, 5.74) is 0.956. The van der Waals surface area contributed by atoms with E-state index in [9.17, 15) is 18.0 Å². The van der Waals surface area contributed by atoms with E-state index in [1.165, 1.54) is 26.4 Å². The zero-order valence-electron chi connectivity index (χ0n) is 12.9. The SMILES string of the molecule is COC(=O)CC(CCS(=O)(=O)c1ccc(C)cc1)C(=O)OC. The van der Waals surface area contributed by atoms with E-state index < -0.39 is 27.7 Å². The lowest BCUT2D eigenvalue weighted by molar-refractivity contribution is -0.152. The summed E-state index contributed by atoms with van der Waals surface area (Å²) < 4.78 is 33.6. The average molecular weight is 328 g/mol. The second-order valence-corrected chi connectivity index (χ2v) is 7.03. The minimum absolute atomic E-state index is 0.00200. The lowest BCUT2D eigenvalue weighted by Gasteiger charge is -2.13. The number of benzene rings is 1. The summed E-state index contributed by atoms with van der Waals surface area (Å²) in [7, 11) is -1.11. The van der Waals surface area contributed by atoms with Gasteiger partial charge < -0.3 is 9.47 Å². The van der Waals surface area contributed by atoms with Crippen molar-refractivity contribution in [2.45, 2.75) is 24.7 Å². The summed E-state index contributed by atoms with van der Waals surface area (Å²) in [6.45, 7) is 1.86. The molecule has 1 aromatic rings. The Morgan fingerprint density at radius 2 is 1.68 bits per heavy atom. The number of methoxy groups -OCH3 is 2. The first-order chi connectivity index (χ1) is 10.3. The van der Waals surface area contributed by atoms with Crippen LogP contribution >= 0.6 is 0 Å². The van der Waals surface area contributed by atoms with Crippen molar-refractivity contribution < 1.29 is 27.5 Å². The maximum atomic E-state index is 12.2. The van der Waals surface area contributed by atoms with Crippen molar-refractivity contribution in [1.82, 2.24) is 0 Å². The number of sulfone groups is 1. The minimum Gasteiger partial charge on any atom is -0.469 e. The Balaban J connectivity index is 2.80. The zero-order chi connectivity index (χ0) is 16.8. The quantitative estimate of drug-likeness (QED) is 0.705. The normalized spacial score (nSPS) is 12.5. The summed E-state index contributed by atoms with van der Waals surface area (Å²) in [6, 6.07) is 6.47. The minimum atomic E-state index is -3.52. The first-order valence-electron chi connectivity index (χ1n) is 6.74. The number of ether oxygens (including phenoxy) is 2. The first kappa shape index (κ1) is 18.2. The molecule has 22 heavy (non-hydrogen) atoms. The first-order valence-corrected chi connectivity index (χ1v) is 8.39. The molecule has 0 radical (unpaired) electrons. The number of aryl methyl sites for hydroxylation is 1. The van der Waals surface area contributed by atoms with Gasteiger partial charge >= 0.3 is 11.9 Å². The third-order valence-electron chi connectivity index (χ3n) is 3.29. The molecule has 0 saturated carbocycles. The highest BCUT2D eigenvalue weighted by atomic mass is 32.2. The monoisotopic (exact) mass is 328 g/mol. The van der Waals surface area contributed by atoms with Crippen molar-refractivity contribution in [3.8, 4) is 0 Å². The molecule has 1 atom stereocenters. The molecule has 0 N–H and O–H groups in total. The van der Waals surface area contributed by atoms with Crippen molar-refractivity contribution in [1.29, 1.82) is 0 Å². The van der Waals surface area contributed by atoms with Crippen molar-refractivity contribution in [3.05, 3.63) is 29.8 Å². The van der Waals surface area contributed by atoms with Crippen LogP contribution in [0.15, 0.2) is 29.2 Å². The number of carbonyl (C=O) groups is 2. The Labute approximate surface area is 130 Å². The van der Waals surface area contributed by atoms with Gasteiger partial charge in [-0.2, -0.15) is 0 Å². The van der Waals surface area contributed by atoms with Gasteiger partial charge in [0.05, 0.1) is 37.2 Å². The van der Waals surface area contributed by atoms with E-state index in [0.29, 0.717) is 0 Å². The molecule has 1 rings (SSSR count). The van der Waals surface area contributed by atoms with Gasteiger partial charge in [-0.1, -0.05) is 17.7 Å². The van der Waals surface area contributed by atoms with Gasteiger partial charge in [0.1, 0.15) is 0 Å². The van der Waals surface area contributed by atoms with E-state index in [4.69, 9.17) is 0 Å². The van der Waals surface area contributed by atoms with Crippen LogP contribution in [0, 0.1) is 12.8 Å². The molecule has 6 nitrogen and oxygen atoms in total. The van der Waals surface area contributed by atoms with Crippen LogP contribution in [0.5, 0.6) is 0 Å². The van der Waals surface area contributed by atoms with E-state index in [-0.39, 0.29) is 23.5 Å². The topological polar surface area (TPSA) is 86.7 Å². The predicted octanol–water partition coefficient (Wildman–Crippen LogP) is 1.51. The summed E-state index contributed by atoms with van der Waals surface area (Å²) in [4.78, 5) is 23.1. The summed E-state index contributed by atoms with van der Waals surface area (Å²) in [6.07, 6.45) is -0.204. The molecular weight excluding hydrogens is 308 g/mol. The van der Waals surface area contributed by atoms with Gasteiger partial charge in [-0.05, 0) is 25.5 Å². The number of rotatable bonds is 7. The molecule has 0 fully saturated rings. The number of carbonyl (C=O) groups excluding carboxylic acids is 2. The van der Waals surface area contributed by atoms with Crippen LogP contribution in [0.25, 0.3) is 0 Å². The molecule has 1 unspecified atom stereocenters. The van der Waals surface area contributed by atoms with Gasteiger partial charge in [0.15, 0.2) is 9.84 Å². The van der Waals surface area contributed by atoms with Crippen molar-refractivity contribution in [2.75, 3.05) is 20.0 Å². The molecule has 0 saturated heterocycles. The predicted molar refractivity (Wildman–Crippen MR) is 80.0 cm³/mol. The van der Waals surface area contributed by atoms with Gasteiger partial charge in [-0.15, -0.1) is 0 Å². The molecule has 0 heterocycles. The Morgan fingerprint density at radius 3 is 2.18 bits per heavy atom. The van der Waals surface area contributed by atoms with Gasteiger partial charge in [-0.3, -0.25) is 9.59 Å². The van der Waals surface area contributed by atoms with Gasteiger partial charge in [0.25, 0.3) is 0 Å². The standard InChI is InChI=1S/C15H20O6S/c1-11-4-6-13(7-5-11)22(18,19)9-8-12(15(17)21-3)10-14(16)20-2/h4-7,12H,8-10H2,1-3H3. The van der Waals surface area contributed by atoms with Crippen LogP contribution in [0.1, 0.15) is 18.4 Å². The smallest absolute Gasteiger partial charge is 0.309 e. The summed E-state index contributed by atoms with van der Waals surface area (Å²) in [5.74, 6) is -2.28. The Kier molecular flexibility index (Phi) is 6.55. The van der Waals surface area contributed by atoms with Crippen molar-refractivity contribution >= 4 is 21.8 Å². The van der Waals surface area contributed by atoms with E-state index in [2.05, 4.69) is 9.47 Å². The Hall–Kier alpha value is -1.89. The molecule has 0 bridgehead atoms. The summed E-state index contributed by atoms with van der Waals surface area (Å²) in [5, 5.41) is 0. The molecule has 0 aromatic heterocycles. The summed E-state index contributed by atoms with van der Waals surface area (Å²) >= 11 is 0. The zero-order valence-corrected chi connectivity index (χ0v) is 13.7. The highest BCUT2D eigenvalue weighted by molar-refractivity contribution is 7.91. The number of hydrogen-bond acceptors (Lipinski definition) is 6. The fraction of sp³-hybridized carbons (Fsp3) is 0.467. The molecule has 0 aliphatic carbocycles. The fourth-order valence-corrected chi connectivity index (χ4v) is 3.30. The van der Waals surface area contributed by atoms with Gasteiger partial charge in [-0.25, -0.2) is 8.42 Å². The van der Waals surface area contributed by atoms with Crippen LogP contribution in [0.4, 0.5) is 0 Å². The average Bonchev–Trinajstić information content (AvgIpc) is 2.50. The number of hydrogen-bond donors (Lipinski definition) is 0. The maximum absolute atomic E-state index is 12.2. The van der Waals surface area contributed by atoms with E-state index >= 15 is 0 Å². The van der Waals surface area contributed by atoms with Crippen LogP contribution in [-0.4, -0.2) is 40.3 Å². The molecule has 0 spiro atoms. The molecule has 122 valence electrons. The second kappa shape index (κ2) is 7.93. The largest absolute Gasteiger partial charge is 0.469 e. The molecular formula is C15H20O6S. The fourth-order valence-electron chi connectivity index (χ4n) is 1.92. The highest BCUT2D eigenvalue weighted by Gasteiger charge is 2.26. The van der Waals surface area contributed by atoms with Crippen LogP contribution < -0.4 is 0 Å². The van der Waals surface area contributed by atoms with E-state index in [1.54, 1.807) is 12.1 Å². The van der Waals surface area contributed by atoms with Crippen LogP contribution in [-0.2, 0) is 28.9 Å². The van der Waals surface area contributed by atoms with Gasteiger partial charge in [0.2, 0.25) is 0 Å². The number of esters is 2. The molecule has 0 aliphatic rings. The molecule has 7 heteroatoms. The van der Waals surface area contributed by atoms with E-state index in [0.717, 1.165) is 5.56 Å². The Morgan fingerprint density at radius 1 is 1.09 bits per heavy atom. The highest BCUT2D eigenvalue weighted by Crippen LogP contribution is 2.18.